The van der Waals surface area contributed by atoms with Gasteiger partial charge in [0.15, 0.2) is 0 Å². The third-order valence-corrected chi connectivity index (χ3v) is 6.04. The minimum absolute atomic E-state index is 0.126. The zero-order valence-corrected chi connectivity index (χ0v) is 15.8. The number of likely N-dealkylation sites (tertiary alicyclic amines) is 1. The van der Waals surface area contributed by atoms with Gasteiger partial charge in [0, 0.05) is 38.8 Å². The van der Waals surface area contributed by atoms with Crippen LogP contribution >= 0.6 is 0 Å². The maximum Gasteiger partial charge on any atom is 0.236 e. The summed E-state index contributed by atoms with van der Waals surface area (Å²) in [5.41, 5.74) is 1.08. The van der Waals surface area contributed by atoms with Crippen LogP contribution in [0.4, 0.5) is 0 Å². The molecule has 0 spiro atoms. The topological polar surface area (TPSA) is 61.9 Å². The Morgan fingerprint density at radius 2 is 1.96 bits per heavy atom. The molecule has 1 N–H and O–H groups in total. The molecule has 3 saturated heterocycles. The predicted molar refractivity (Wildman–Crippen MR) is 102 cm³/mol. The van der Waals surface area contributed by atoms with Gasteiger partial charge in [-0.1, -0.05) is 30.3 Å². The van der Waals surface area contributed by atoms with Crippen molar-refractivity contribution in [3.63, 3.8) is 0 Å². The summed E-state index contributed by atoms with van der Waals surface area (Å²) in [4.78, 5) is 29.6. The molecule has 0 aromatic heterocycles. The summed E-state index contributed by atoms with van der Waals surface area (Å²) in [5.74, 6) is 0.221. The Kier molecular flexibility index (Phi) is 5.74. The number of rotatable bonds is 3. The summed E-state index contributed by atoms with van der Waals surface area (Å²) in [6, 6.07) is 10.2. The first kappa shape index (κ1) is 18.4. The molecule has 0 bridgehead atoms. The van der Waals surface area contributed by atoms with Crippen LogP contribution in [0.3, 0.4) is 0 Å². The van der Waals surface area contributed by atoms with Gasteiger partial charge in [-0.05, 0) is 31.2 Å². The first-order valence-electron chi connectivity index (χ1n) is 10.2. The van der Waals surface area contributed by atoms with E-state index in [-0.39, 0.29) is 29.9 Å². The van der Waals surface area contributed by atoms with Crippen molar-refractivity contribution in [1.29, 1.82) is 0 Å². The van der Waals surface area contributed by atoms with Gasteiger partial charge >= 0.3 is 0 Å². The average Bonchev–Trinajstić information content (AvgIpc) is 2.74. The Morgan fingerprint density at radius 3 is 2.78 bits per heavy atom. The number of nitrogens with zero attached hydrogens (tertiary/aromatic N) is 2. The lowest BCUT2D eigenvalue weighted by molar-refractivity contribution is -0.150. The summed E-state index contributed by atoms with van der Waals surface area (Å²) in [7, 11) is 0. The number of hydrogen-bond acceptors (Lipinski definition) is 4. The first-order valence-corrected chi connectivity index (χ1v) is 10.2. The van der Waals surface area contributed by atoms with E-state index in [4.69, 9.17) is 4.74 Å². The predicted octanol–water partition coefficient (Wildman–Crippen LogP) is 1.58. The van der Waals surface area contributed by atoms with E-state index >= 15 is 0 Å². The molecule has 3 heterocycles. The van der Waals surface area contributed by atoms with Gasteiger partial charge in [-0.2, -0.15) is 0 Å². The molecule has 27 heavy (non-hydrogen) atoms. The number of piperazine rings is 1. The lowest BCUT2D eigenvalue weighted by atomic mass is 9.87. The van der Waals surface area contributed by atoms with Gasteiger partial charge in [-0.25, -0.2) is 0 Å². The zero-order valence-electron chi connectivity index (χ0n) is 15.8. The minimum atomic E-state index is -0.159. The van der Waals surface area contributed by atoms with E-state index < -0.39 is 0 Å². The normalized spacial score (nSPS) is 29.6. The summed E-state index contributed by atoms with van der Waals surface area (Å²) >= 11 is 0. The monoisotopic (exact) mass is 371 g/mol. The largest absolute Gasteiger partial charge is 0.373 e. The SMILES string of the molecule is O=C(C1CCCOC1c1ccccc1)N1CCCC(N2CCNCC2=O)C1. The fourth-order valence-electron chi connectivity index (χ4n) is 4.66. The molecule has 3 aliphatic heterocycles. The summed E-state index contributed by atoms with van der Waals surface area (Å²) in [6.45, 7) is 4.14. The Balaban J connectivity index is 1.46. The van der Waals surface area contributed by atoms with E-state index in [0.29, 0.717) is 19.7 Å². The van der Waals surface area contributed by atoms with Crippen LogP contribution in [0.15, 0.2) is 30.3 Å². The summed E-state index contributed by atoms with van der Waals surface area (Å²) in [6.07, 6.45) is 3.57. The van der Waals surface area contributed by atoms with E-state index in [9.17, 15) is 9.59 Å². The molecule has 6 nitrogen and oxygen atoms in total. The number of piperidine rings is 1. The lowest BCUT2D eigenvalue weighted by Crippen LogP contribution is -2.58. The first-order chi connectivity index (χ1) is 13.2. The van der Waals surface area contributed by atoms with Crippen molar-refractivity contribution in [2.45, 2.75) is 37.8 Å². The van der Waals surface area contributed by atoms with E-state index in [1.807, 2.05) is 28.0 Å². The molecule has 0 aliphatic carbocycles. The molecule has 3 unspecified atom stereocenters. The van der Waals surface area contributed by atoms with Crippen LogP contribution < -0.4 is 5.32 Å². The molecule has 3 aliphatic rings. The lowest BCUT2D eigenvalue weighted by Gasteiger charge is -2.43. The molecule has 3 atom stereocenters. The molecule has 0 radical (unpaired) electrons. The number of amides is 2. The second-order valence-corrected chi connectivity index (χ2v) is 7.80. The molecular formula is C21H29N3O3. The fraction of sp³-hybridized carbons (Fsp3) is 0.619. The quantitative estimate of drug-likeness (QED) is 0.876. The standard InChI is InChI=1S/C21H29N3O3/c25-19-14-22-10-12-24(19)17-8-4-11-23(15-17)21(26)18-9-5-13-27-20(18)16-6-2-1-3-7-16/h1-3,6-7,17-18,20,22H,4-5,8-15H2. The highest BCUT2D eigenvalue weighted by molar-refractivity contribution is 5.81. The maximum atomic E-state index is 13.4. The van der Waals surface area contributed by atoms with Crippen LogP contribution in [0.25, 0.3) is 0 Å². The van der Waals surface area contributed by atoms with Crippen molar-refractivity contribution in [3.8, 4) is 0 Å². The Labute approximate surface area is 160 Å². The highest BCUT2D eigenvalue weighted by atomic mass is 16.5. The second-order valence-electron chi connectivity index (χ2n) is 7.80. The van der Waals surface area contributed by atoms with Crippen molar-refractivity contribution in [1.82, 2.24) is 15.1 Å². The highest BCUT2D eigenvalue weighted by Crippen LogP contribution is 2.35. The van der Waals surface area contributed by atoms with Gasteiger partial charge in [-0.3, -0.25) is 9.59 Å². The zero-order chi connectivity index (χ0) is 18.6. The van der Waals surface area contributed by atoms with Crippen LogP contribution in [0, 0.1) is 5.92 Å². The van der Waals surface area contributed by atoms with Gasteiger partial charge in [0.05, 0.1) is 18.6 Å². The molecule has 1 aromatic carbocycles. The molecule has 4 rings (SSSR count). The van der Waals surface area contributed by atoms with Crippen molar-refractivity contribution in [2.24, 2.45) is 5.92 Å². The summed E-state index contributed by atoms with van der Waals surface area (Å²) < 4.78 is 6.03. The van der Waals surface area contributed by atoms with E-state index in [2.05, 4.69) is 17.4 Å². The van der Waals surface area contributed by atoms with Crippen LogP contribution in [-0.2, 0) is 14.3 Å². The minimum Gasteiger partial charge on any atom is -0.373 e. The molecule has 3 fully saturated rings. The Bertz CT molecular complexity index is 666. The molecule has 146 valence electrons. The smallest absolute Gasteiger partial charge is 0.236 e. The molecule has 2 amide bonds. The number of benzene rings is 1. The van der Waals surface area contributed by atoms with E-state index in [1.165, 1.54) is 0 Å². The van der Waals surface area contributed by atoms with Crippen molar-refractivity contribution in [2.75, 3.05) is 39.3 Å². The van der Waals surface area contributed by atoms with Crippen LogP contribution in [-0.4, -0.2) is 67.0 Å². The maximum absolute atomic E-state index is 13.4. The fourth-order valence-corrected chi connectivity index (χ4v) is 4.66. The third kappa shape index (κ3) is 4.01. The van der Waals surface area contributed by atoms with Crippen molar-refractivity contribution < 1.29 is 14.3 Å². The average molecular weight is 371 g/mol. The molecule has 6 heteroatoms. The van der Waals surface area contributed by atoms with Gasteiger partial charge in [-0.15, -0.1) is 0 Å². The molecular weight excluding hydrogens is 342 g/mol. The number of ether oxygens (including phenoxy) is 1. The van der Waals surface area contributed by atoms with Crippen LogP contribution in [0.1, 0.15) is 37.4 Å². The highest BCUT2D eigenvalue weighted by Gasteiger charge is 2.38. The second kappa shape index (κ2) is 8.40. The summed E-state index contributed by atoms with van der Waals surface area (Å²) in [5, 5.41) is 3.12. The van der Waals surface area contributed by atoms with Gasteiger partial charge < -0.3 is 19.9 Å². The number of hydrogen-bond donors (Lipinski definition) is 1. The van der Waals surface area contributed by atoms with Gasteiger partial charge in [0.2, 0.25) is 11.8 Å². The molecule has 1 aromatic rings. The Morgan fingerprint density at radius 1 is 1.11 bits per heavy atom. The third-order valence-electron chi connectivity index (χ3n) is 6.04. The number of nitrogens with one attached hydrogen (secondary N) is 1. The molecule has 0 saturated carbocycles. The van der Waals surface area contributed by atoms with Gasteiger partial charge in [0.1, 0.15) is 0 Å². The van der Waals surface area contributed by atoms with Crippen molar-refractivity contribution >= 4 is 11.8 Å². The van der Waals surface area contributed by atoms with E-state index in [0.717, 1.165) is 50.9 Å². The number of carbonyl (C=O) groups is 2. The van der Waals surface area contributed by atoms with Crippen molar-refractivity contribution in [3.05, 3.63) is 35.9 Å². The van der Waals surface area contributed by atoms with Crippen LogP contribution in [0.5, 0.6) is 0 Å². The Hall–Kier alpha value is -1.92. The number of carbonyl (C=O) groups excluding carboxylic acids is 2. The van der Waals surface area contributed by atoms with E-state index in [1.54, 1.807) is 0 Å². The van der Waals surface area contributed by atoms with Gasteiger partial charge in [0.25, 0.3) is 0 Å². The van der Waals surface area contributed by atoms with Crippen LogP contribution in [0.2, 0.25) is 0 Å².